The van der Waals surface area contributed by atoms with E-state index in [4.69, 9.17) is 14.3 Å². The van der Waals surface area contributed by atoms with E-state index in [1.54, 1.807) is 6.07 Å². The number of carboxylic acid groups (broad SMARTS) is 1. The van der Waals surface area contributed by atoms with Gasteiger partial charge in [0.05, 0.1) is 18.6 Å². The monoisotopic (exact) mass is 292 g/mol. The van der Waals surface area contributed by atoms with Crippen molar-refractivity contribution in [1.82, 2.24) is 0 Å². The predicted molar refractivity (Wildman–Crippen MR) is 72.6 cm³/mol. The highest BCUT2D eigenvalue weighted by atomic mass is 16.6. The molecule has 0 saturated carbocycles. The van der Waals surface area contributed by atoms with Crippen LogP contribution in [0, 0.1) is 10.1 Å². The molecule has 21 heavy (non-hydrogen) atoms. The maximum Gasteiger partial charge on any atom is 0.371 e. The fraction of sp³-hybridized carbons (Fsp3) is 0.154. The molecule has 1 heterocycles. The lowest BCUT2D eigenvalue weighted by Crippen LogP contribution is -2.00. The zero-order chi connectivity index (χ0) is 15.4. The lowest BCUT2D eigenvalue weighted by molar-refractivity contribution is -0.385. The number of hydrogen-bond donors (Lipinski definition) is 2. The Bertz CT molecular complexity index is 679. The van der Waals surface area contributed by atoms with Crippen molar-refractivity contribution in [1.29, 1.82) is 0 Å². The molecule has 8 nitrogen and oxygen atoms in total. The molecule has 0 fully saturated rings. The first-order valence-electron chi connectivity index (χ1n) is 5.89. The van der Waals surface area contributed by atoms with Crippen LogP contribution < -0.4 is 10.1 Å². The van der Waals surface area contributed by atoms with Gasteiger partial charge in [-0.25, -0.2) is 4.79 Å². The molecule has 0 unspecified atom stereocenters. The van der Waals surface area contributed by atoms with Gasteiger partial charge in [0.25, 0.3) is 0 Å². The van der Waals surface area contributed by atoms with E-state index in [2.05, 4.69) is 5.32 Å². The Kier molecular flexibility index (Phi) is 4.07. The molecule has 0 atom stereocenters. The van der Waals surface area contributed by atoms with Crippen molar-refractivity contribution in [3.8, 4) is 5.75 Å². The summed E-state index contributed by atoms with van der Waals surface area (Å²) in [5.41, 5.74) is 0.337. The molecule has 0 spiro atoms. The highest BCUT2D eigenvalue weighted by molar-refractivity contribution is 5.84. The first-order valence-corrected chi connectivity index (χ1v) is 5.89. The van der Waals surface area contributed by atoms with Crippen molar-refractivity contribution in [2.75, 3.05) is 12.4 Å². The van der Waals surface area contributed by atoms with Gasteiger partial charge in [-0.2, -0.15) is 0 Å². The molecule has 0 aliphatic carbocycles. The normalized spacial score (nSPS) is 10.1. The maximum atomic E-state index is 10.9. The molecule has 0 saturated heterocycles. The summed E-state index contributed by atoms with van der Waals surface area (Å²) in [5, 5.41) is 22.5. The third-order valence-corrected chi connectivity index (χ3v) is 2.71. The number of aromatic carboxylic acids is 1. The molecule has 0 radical (unpaired) electrons. The molecule has 2 N–H and O–H groups in total. The second kappa shape index (κ2) is 5.95. The molecule has 0 amide bonds. The van der Waals surface area contributed by atoms with E-state index in [0.29, 0.717) is 11.4 Å². The number of nitrogens with zero attached hydrogens (tertiary/aromatic N) is 1. The third-order valence-electron chi connectivity index (χ3n) is 2.71. The van der Waals surface area contributed by atoms with E-state index >= 15 is 0 Å². The lowest BCUT2D eigenvalue weighted by Gasteiger charge is -2.06. The van der Waals surface area contributed by atoms with Crippen LogP contribution >= 0.6 is 0 Å². The lowest BCUT2D eigenvalue weighted by atomic mass is 10.2. The summed E-state index contributed by atoms with van der Waals surface area (Å²) in [6.45, 7) is 0.205. The highest BCUT2D eigenvalue weighted by Gasteiger charge is 2.15. The Morgan fingerprint density at radius 3 is 2.76 bits per heavy atom. The van der Waals surface area contributed by atoms with Gasteiger partial charge in [-0.15, -0.1) is 0 Å². The van der Waals surface area contributed by atoms with Crippen molar-refractivity contribution in [2.45, 2.75) is 6.54 Å². The van der Waals surface area contributed by atoms with Crippen molar-refractivity contribution in [2.24, 2.45) is 0 Å². The number of nitro benzene ring substituents is 1. The molecule has 2 aromatic rings. The van der Waals surface area contributed by atoms with Crippen LogP contribution in [0.25, 0.3) is 0 Å². The van der Waals surface area contributed by atoms with Crippen LogP contribution in [0.2, 0.25) is 0 Å². The number of rotatable bonds is 6. The number of furan rings is 1. The Balaban J connectivity index is 2.10. The Hall–Kier alpha value is -3.03. The fourth-order valence-electron chi connectivity index (χ4n) is 1.72. The summed E-state index contributed by atoms with van der Waals surface area (Å²) < 4.78 is 9.97. The topological polar surface area (TPSA) is 115 Å². The second-order valence-electron chi connectivity index (χ2n) is 4.07. The fourth-order valence-corrected chi connectivity index (χ4v) is 1.72. The van der Waals surface area contributed by atoms with E-state index in [9.17, 15) is 14.9 Å². The minimum Gasteiger partial charge on any atom is -0.490 e. The van der Waals surface area contributed by atoms with Crippen molar-refractivity contribution in [3.05, 3.63) is 52.0 Å². The zero-order valence-corrected chi connectivity index (χ0v) is 11.0. The van der Waals surface area contributed by atoms with Crippen LogP contribution in [0.15, 0.2) is 34.7 Å². The predicted octanol–water partition coefficient (Wildman–Crippen LogP) is 2.51. The Morgan fingerprint density at radius 2 is 2.19 bits per heavy atom. The smallest absolute Gasteiger partial charge is 0.371 e. The second-order valence-corrected chi connectivity index (χ2v) is 4.07. The SMILES string of the molecule is COc1ccc(NCc2ccc(C(=O)O)o2)cc1[N+](=O)[O-]. The van der Waals surface area contributed by atoms with Gasteiger partial charge in [0.15, 0.2) is 5.75 Å². The molecule has 0 bridgehead atoms. The van der Waals surface area contributed by atoms with Gasteiger partial charge in [0.1, 0.15) is 5.76 Å². The number of anilines is 1. The number of benzene rings is 1. The molecule has 0 aliphatic heterocycles. The Labute approximate surface area is 119 Å². The summed E-state index contributed by atoms with van der Waals surface area (Å²) in [5.74, 6) is -0.739. The molecule has 2 rings (SSSR count). The summed E-state index contributed by atoms with van der Waals surface area (Å²) in [4.78, 5) is 21.0. The van der Waals surface area contributed by atoms with Gasteiger partial charge < -0.3 is 19.6 Å². The van der Waals surface area contributed by atoms with Gasteiger partial charge in [0, 0.05) is 11.8 Å². The summed E-state index contributed by atoms with van der Waals surface area (Å²) >= 11 is 0. The van der Waals surface area contributed by atoms with Crippen LogP contribution in [-0.4, -0.2) is 23.1 Å². The molecule has 0 aliphatic rings. The Morgan fingerprint density at radius 1 is 1.43 bits per heavy atom. The summed E-state index contributed by atoms with van der Waals surface area (Å²) in [6, 6.07) is 7.29. The van der Waals surface area contributed by atoms with Gasteiger partial charge in [-0.05, 0) is 24.3 Å². The third kappa shape index (κ3) is 3.30. The van der Waals surface area contributed by atoms with E-state index in [0.717, 1.165) is 0 Å². The number of hydrogen-bond acceptors (Lipinski definition) is 6. The molecule has 1 aromatic carbocycles. The van der Waals surface area contributed by atoms with E-state index in [-0.39, 0.29) is 23.7 Å². The first kappa shape index (κ1) is 14.4. The summed E-state index contributed by atoms with van der Waals surface area (Å²) in [7, 11) is 1.35. The van der Waals surface area contributed by atoms with Gasteiger partial charge in [-0.3, -0.25) is 10.1 Å². The van der Waals surface area contributed by atoms with Crippen LogP contribution in [0.3, 0.4) is 0 Å². The van der Waals surface area contributed by atoms with Crippen molar-refractivity contribution < 1.29 is 24.0 Å². The number of carboxylic acids is 1. The minimum atomic E-state index is -1.15. The van der Waals surface area contributed by atoms with Gasteiger partial charge in [0.2, 0.25) is 5.76 Å². The van der Waals surface area contributed by atoms with Gasteiger partial charge >= 0.3 is 11.7 Å². The largest absolute Gasteiger partial charge is 0.490 e. The van der Waals surface area contributed by atoms with E-state index < -0.39 is 10.9 Å². The van der Waals surface area contributed by atoms with Crippen molar-refractivity contribution >= 4 is 17.3 Å². The number of nitro groups is 1. The number of carbonyl (C=O) groups is 1. The molecule has 8 heteroatoms. The van der Waals surface area contributed by atoms with Gasteiger partial charge in [-0.1, -0.05) is 0 Å². The standard InChI is InChI=1S/C13H12N2O6/c1-20-11-4-2-8(6-10(11)15(18)19)14-7-9-3-5-12(21-9)13(16)17/h2-6,14H,7H2,1H3,(H,16,17). The number of ether oxygens (including phenoxy) is 1. The summed E-state index contributed by atoms with van der Waals surface area (Å²) in [6.07, 6.45) is 0. The molecular weight excluding hydrogens is 280 g/mol. The molecule has 110 valence electrons. The maximum absolute atomic E-state index is 10.9. The molecular formula is C13H12N2O6. The van der Waals surface area contributed by atoms with E-state index in [1.807, 2.05) is 0 Å². The van der Waals surface area contributed by atoms with Crippen LogP contribution in [0.1, 0.15) is 16.3 Å². The number of nitrogens with one attached hydrogen (secondary N) is 1. The first-order chi connectivity index (χ1) is 10.0. The van der Waals surface area contributed by atoms with Crippen LogP contribution in [0.4, 0.5) is 11.4 Å². The highest BCUT2D eigenvalue weighted by Crippen LogP contribution is 2.29. The number of methoxy groups -OCH3 is 1. The molecule has 1 aromatic heterocycles. The van der Waals surface area contributed by atoms with Crippen LogP contribution in [0.5, 0.6) is 5.75 Å². The quantitative estimate of drug-likeness (QED) is 0.620. The zero-order valence-electron chi connectivity index (χ0n) is 11.0. The van der Waals surface area contributed by atoms with Crippen molar-refractivity contribution in [3.63, 3.8) is 0 Å². The van der Waals surface area contributed by atoms with E-state index in [1.165, 1.54) is 31.4 Å². The van der Waals surface area contributed by atoms with Crippen LogP contribution in [-0.2, 0) is 6.54 Å². The average Bonchev–Trinajstić information content (AvgIpc) is 2.94. The average molecular weight is 292 g/mol. The minimum absolute atomic E-state index is 0.159.